The highest BCUT2D eigenvalue weighted by Gasteiger charge is 2.10. The fraction of sp³-hybridized carbons (Fsp3) is 0.333. The molecule has 0 atom stereocenters. The van der Waals surface area contributed by atoms with E-state index >= 15 is 0 Å². The molecule has 3 N–H and O–H groups in total. The number of benzene rings is 1. The van der Waals surface area contributed by atoms with Crippen LogP contribution in [0.3, 0.4) is 0 Å². The molecular weight excluding hydrogens is 352 g/mol. The zero-order valence-corrected chi connectivity index (χ0v) is 15.8. The molecule has 140 valence electrons. The molecule has 1 aromatic heterocycles. The van der Waals surface area contributed by atoms with E-state index in [9.17, 15) is 13.2 Å². The number of nitrogens with zero attached hydrogens (tertiary/aromatic N) is 1. The highest BCUT2D eigenvalue weighted by atomic mass is 32.2. The van der Waals surface area contributed by atoms with Gasteiger partial charge in [-0.25, -0.2) is 13.4 Å². The molecule has 0 saturated carbocycles. The molecule has 1 aromatic carbocycles. The van der Waals surface area contributed by atoms with E-state index in [0.717, 1.165) is 37.0 Å². The number of pyridine rings is 1. The van der Waals surface area contributed by atoms with Crippen molar-refractivity contribution in [1.29, 1.82) is 0 Å². The number of sulfonamides is 1. The van der Waals surface area contributed by atoms with Gasteiger partial charge in [0.1, 0.15) is 5.82 Å². The lowest BCUT2D eigenvalue weighted by atomic mass is 10.1. The second-order valence-corrected chi connectivity index (χ2v) is 7.76. The summed E-state index contributed by atoms with van der Waals surface area (Å²) in [6.07, 6.45) is 4.53. The SMILES string of the molecule is Cc1ccc(C(=O)NCCCCNc2ccccn2)cc1NS(C)(=O)=O. The molecule has 0 aliphatic rings. The molecule has 1 amide bonds. The van der Waals surface area contributed by atoms with Crippen LogP contribution >= 0.6 is 0 Å². The van der Waals surface area contributed by atoms with Gasteiger partial charge in [0.25, 0.3) is 5.91 Å². The van der Waals surface area contributed by atoms with Gasteiger partial charge < -0.3 is 10.6 Å². The Morgan fingerprint density at radius 1 is 1.12 bits per heavy atom. The lowest BCUT2D eigenvalue weighted by molar-refractivity contribution is 0.0953. The second-order valence-electron chi connectivity index (χ2n) is 6.01. The van der Waals surface area contributed by atoms with Crippen LogP contribution in [0.2, 0.25) is 0 Å². The van der Waals surface area contributed by atoms with Crippen molar-refractivity contribution >= 4 is 27.4 Å². The maximum absolute atomic E-state index is 12.2. The smallest absolute Gasteiger partial charge is 0.251 e. The average Bonchev–Trinajstić information content (AvgIpc) is 2.59. The van der Waals surface area contributed by atoms with Crippen LogP contribution in [0, 0.1) is 6.92 Å². The van der Waals surface area contributed by atoms with Gasteiger partial charge in [-0.1, -0.05) is 12.1 Å². The van der Waals surface area contributed by atoms with Crippen molar-refractivity contribution in [3.8, 4) is 0 Å². The first-order chi connectivity index (χ1) is 12.3. The van der Waals surface area contributed by atoms with Crippen molar-refractivity contribution in [3.05, 3.63) is 53.7 Å². The summed E-state index contributed by atoms with van der Waals surface area (Å²) in [5.74, 6) is 0.612. The summed E-state index contributed by atoms with van der Waals surface area (Å²) in [5, 5.41) is 6.06. The number of unbranched alkanes of at least 4 members (excludes halogenated alkanes) is 1. The Labute approximate surface area is 154 Å². The third-order valence-electron chi connectivity index (χ3n) is 3.66. The zero-order valence-electron chi connectivity index (χ0n) is 15.0. The molecule has 7 nitrogen and oxygen atoms in total. The molecule has 2 rings (SSSR count). The van der Waals surface area contributed by atoms with Gasteiger partial charge in [-0.3, -0.25) is 9.52 Å². The van der Waals surface area contributed by atoms with E-state index < -0.39 is 10.0 Å². The van der Waals surface area contributed by atoms with Crippen molar-refractivity contribution in [3.63, 3.8) is 0 Å². The number of nitrogens with one attached hydrogen (secondary N) is 3. The number of aryl methyl sites for hydroxylation is 1. The molecule has 0 saturated heterocycles. The Morgan fingerprint density at radius 2 is 1.88 bits per heavy atom. The molecule has 8 heteroatoms. The van der Waals surface area contributed by atoms with Gasteiger partial charge in [0.05, 0.1) is 11.9 Å². The predicted octanol–water partition coefficient (Wildman–Crippen LogP) is 2.38. The number of anilines is 2. The monoisotopic (exact) mass is 376 g/mol. The summed E-state index contributed by atoms with van der Waals surface area (Å²) in [7, 11) is -3.39. The fourth-order valence-corrected chi connectivity index (χ4v) is 2.93. The van der Waals surface area contributed by atoms with Gasteiger partial charge in [-0.05, 0) is 49.6 Å². The minimum absolute atomic E-state index is 0.223. The Morgan fingerprint density at radius 3 is 2.58 bits per heavy atom. The third kappa shape index (κ3) is 6.72. The number of amides is 1. The Hall–Kier alpha value is -2.61. The summed E-state index contributed by atoms with van der Waals surface area (Å²) in [6, 6.07) is 10.6. The number of hydrogen-bond donors (Lipinski definition) is 3. The first kappa shape index (κ1) is 19.7. The molecule has 0 fully saturated rings. The zero-order chi connectivity index (χ0) is 19.0. The third-order valence-corrected chi connectivity index (χ3v) is 4.25. The number of carbonyl (C=O) groups excluding carboxylic acids is 1. The van der Waals surface area contributed by atoms with E-state index in [1.807, 2.05) is 18.2 Å². The van der Waals surface area contributed by atoms with Crippen LogP contribution < -0.4 is 15.4 Å². The van der Waals surface area contributed by atoms with Crippen molar-refractivity contribution in [2.24, 2.45) is 0 Å². The quantitative estimate of drug-likeness (QED) is 0.584. The summed E-state index contributed by atoms with van der Waals surface area (Å²) < 4.78 is 25.2. The largest absolute Gasteiger partial charge is 0.370 e. The topological polar surface area (TPSA) is 100 Å². The highest BCUT2D eigenvalue weighted by molar-refractivity contribution is 7.92. The van der Waals surface area contributed by atoms with Gasteiger partial charge >= 0.3 is 0 Å². The molecule has 0 radical (unpaired) electrons. The van der Waals surface area contributed by atoms with Gasteiger partial charge in [0, 0.05) is 24.8 Å². The molecule has 26 heavy (non-hydrogen) atoms. The lowest BCUT2D eigenvalue weighted by Gasteiger charge is -2.11. The standard InChI is InChI=1S/C18H24N4O3S/c1-14-8-9-15(13-16(14)22-26(2,24)25)18(23)21-12-6-5-11-20-17-7-3-4-10-19-17/h3-4,7-10,13,22H,5-6,11-12H2,1-2H3,(H,19,20)(H,21,23). The van der Waals surface area contributed by atoms with E-state index in [0.29, 0.717) is 17.8 Å². The van der Waals surface area contributed by atoms with Crippen molar-refractivity contribution < 1.29 is 13.2 Å². The summed E-state index contributed by atoms with van der Waals surface area (Å²) in [4.78, 5) is 16.4. The Bertz CT molecular complexity index is 839. The van der Waals surface area contributed by atoms with Crippen molar-refractivity contribution in [1.82, 2.24) is 10.3 Å². The van der Waals surface area contributed by atoms with Crippen molar-refractivity contribution in [2.75, 3.05) is 29.4 Å². The van der Waals surface area contributed by atoms with Gasteiger partial charge in [0.15, 0.2) is 0 Å². The number of carbonyl (C=O) groups is 1. The maximum Gasteiger partial charge on any atom is 0.251 e. The van der Waals surface area contributed by atoms with E-state index in [2.05, 4.69) is 20.3 Å². The van der Waals surface area contributed by atoms with Crippen LogP contribution in [-0.4, -0.2) is 38.7 Å². The summed E-state index contributed by atoms with van der Waals surface area (Å²) >= 11 is 0. The van der Waals surface area contributed by atoms with Gasteiger partial charge in [-0.15, -0.1) is 0 Å². The van der Waals surface area contributed by atoms with Crippen LogP contribution in [0.4, 0.5) is 11.5 Å². The number of rotatable bonds is 9. The molecular formula is C18H24N4O3S. The maximum atomic E-state index is 12.2. The van der Waals surface area contributed by atoms with Gasteiger partial charge in [-0.2, -0.15) is 0 Å². The Balaban J connectivity index is 1.76. The summed E-state index contributed by atoms with van der Waals surface area (Å²) in [5.41, 5.74) is 1.60. The van der Waals surface area contributed by atoms with Crippen LogP contribution in [-0.2, 0) is 10.0 Å². The van der Waals surface area contributed by atoms with Gasteiger partial charge in [0.2, 0.25) is 10.0 Å². The fourth-order valence-electron chi connectivity index (χ4n) is 2.31. The lowest BCUT2D eigenvalue weighted by Crippen LogP contribution is -2.25. The van der Waals surface area contributed by atoms with Crippen molar-refractivity contribution in [2.45, 2.75) is 19.8 Å². The molecule has 0 bridgehead atoms. The average molecular weight is 376 g/mol. The second kappa shape index (κ2) is 9.19. The first-order valence-electron chi connectivity index (χ1n) is 8.37. The van der Waals surface area contributed by atoms with E-state index in [1.165, 1.54) is 0 Å². The molecule has 1 heterocycles. The van der Waals surface area contributed by atoms with Crippen LogP contribution in [0.5, 0.6) is 0 Å². The normalized spacial score (nSPS) is 11.0. The van der Waals surface area contributed by atoms with Crippen LogP contribution in [0.1, 0.15) is 28.8 Å². The van der Waals surface area contributed by atoms with E-state index in [4.69, 9.17) is 0 Å². The summed E-state index contributed by atoms with van der Waals surface area (Å²) in [6.45, 7) is 3.11. The predicted molar refractivity (Wildman–Crippen MR) is 104 cm³/mol. The highest BCUT2D eigenvalue weighted by Crippen LogP contribution is 2.18. The minimum Gasteiger partial charge on any atom is -0.370 e. The van der Waals surface area contributed by atoms with Crippen LogP contribution in [0.25, 0.3) is 0 Å². The number of aromatic nitrogens is 1. The van der Waals surface area contributed by atoms with E-state index in [-0.39, 0.29) is 5.91 Å². The molecule has 2 aromatic rings. The molecule has 0 spiro atoms. The van der Waals surface area contributed by atoms with Crippen LogP contribution in [0.15, 0.2) is 42.6 Å². The number of hydrogen-bond acceptors (Lipinski definition) is 5. The van der Waals surface area contributed by atoms with E-state index in [1.54, 1.807) is 31.3 Å². The minimum atomic E-state index is -3.39. The molecule has 0 aliphatic carbocycles. The Kier molecular flexibility index (Phi) is 6.97. The molecule has 0 aliphatic heterocycles. The first-order valence-corrected chi connectivity index (χ1v) is 10.3. The molecule has 0 unspecified atom stereocenters.